The molecule has 18 atom stereocenters. The third-order valence-electron chi connectivity index (χ3n) is 24.9. The van der Waals surface area contributed by atoms with E-state index in [0.29, 0.717) is 101 Å². The first kappa shape index (κ1) is 84.5. The molecular weight excluding hydrogens is 1390 g/mol. The number of likely N-dealkylation sites (N-methyl/N-ethyl adjacent to an activating group) is 2. The van der Waals surface area contributed by atoms with Crippen LogP contribution >= 0.6 is 0 Å². The Hall–Kier alpha value is -7.97. The Morgan fingerprint density at radius 1 is 0.636 bits per heavy atom. The SMILES string of the molecule is C=C(C=O)/C=C(\C=C\C(=O)N[C@@H](Cc1ccccc1)CN(C)C)c1cccc(CN2O[C@@H](CO)[C@@H]([C@H](C)O)[C@H]2C(=O)N[C@H]2C[C@H]3C[C@@H]([C@@H]2C)C3(C)C)c1OC.COc1c(CN2O[C@@H](CO)[C@@H]([C@H](C)O)[C@H]2C(=O)N[C@H]2C[C@H]3C[C@@H]([C@@H]2C)C3(C)C)cccc1-c1cc(CN)cc(C(=O)N[C@@H](Cc2ccccc2)CN(C)C)c1. The molecule has 2 heterocycles. The van der Waals surface area contributed by atoms with E-state index < -0.39 is 48.3 Å². The first-order chi connectivity index (χ1) is 52.4. The van der Waals surface area contributed by atoms with E-state index in [1.165, 1.54) is 26.0 Å². The number of hydroxylamine groups is 4. The van der Waals surface area contributed by atoms with Crippen molar-refractivity contribution in [3.05, 3.63) is 185 Å². The minimum atomic E-state index is -0.938. The number of nitrogens with one attached hydrogen (secondary N) is 4. The van der Waals surface area contributed by atoms with Gasteiger partial charge < -0.3 is 66.7 Å². The highest BCUT2D eigenvalue weighted by molar-refractivity contribution is 5.97. The summed E-state index contributed by atoms with van der Waals surface area (Å²) in [6, 6.07) is 35.0. The number of ether oxygens (including phenoxy) is 2. The van der Waals surface area contributed by atoms with Gasteiger partial charge in [0.25, 0.3) is 5.91 Å². The lowest BCUT2D eigenvalue weighted by Crippen LogP contribution is -2.62. The number of para-hydroxylation sites is 2. The van der Waals surface area contributed by atoms with Crippen molar-refractivity contribution in [1.82, 2.24) is 41.2 Å². The molecule has 22 heteroatoms. The monoisotopic (exact) mass is 1510 g/mol. The van der Waals surface area contributed by atoms with E-state index >= 15 is 0 Å². The third-order valence-corrected chi connectivity index (χ3v) is 24.9. The molecule has 4 amide bonds. The van der Waals surface area contributed by atoms with Crippen molar-refractivity contribution in [3.63, 3.8) is 0 Å². The molecule has 0 aromatic heterocycles. The van der Waals surface area contributed by atoms with Crippen molar-refractivity contribution in [2.24, 2.45) is 63.9 Å². The number of aldehydes is 1. The van der Waals surface area contributed by atoms with Crippen LogP contribution in [0.3, 0.4) is 0 Å². The first-order valence-corrected chi connectivity index (χ1v) is 39.2. The molecule has 0 unspecified atom stereocenters. The number of aliphatic hydroxyl groups excluding tert-OH is 4. The fraction of sp³-hybridized carbons (Fsp3) is 0.534. The number of amides is 4. The summed E-state index contributed by atoms with van der Waals surface area (Å²) in [7, 11) is 11.0. The average Bonchev–Trinajstić information content (AvgIpc) is 0.851. The second-order valence-corrected chi connectivity index (χ2v) is 33.5. The Balaban J connectivity index is 0.000000234. The molecule has 0 radical (unpaired) electrons. The summed E-state index contributed by atoms with van der Waals surface area (Å²) >= 11 is 0. The Bertz CT molecular complexity index is 4050. The molecule has 6 saturated carbocycles. The summed E-state index contributed by atoms with van der Waals surface area (Å²) in [5.74, 6) is 1.55. The lowest BCUT2D eigenvalue weighted by atomic mass is 9.45. The van der Waals surface area contributed by atoms with Gasteiger partial charge >= 0.3 is 0 Å². The second-order valence-electron chi connectivity index (χ2n) is 33.5. The van der Waals surface area contributed by atoms with Gasteiger partial charge in [0.15, 0.2) is 0 Å². The maximum atomic E-state index is 14.3. The van der Waals surface area contributed by atoms with Gasteiger partial charge in [-0.15, -0.1) is 0 Å². The van der Waals surface area contributed by atoms with Gasteiger partial charge in [-0.25, -0.2) is 0 Å². The number of nitrogens with zero attached hydrogens (tertiary/aromatic N) is 4. The fourth-order valence-corrected chi connectivity index (χ4v) is 18.9. The molecule has 4 bridgehead atoms. The van der Waals surface area contributed by atoms with Gasteiger partial charge in [-0.1, -0.05) is 145 Å². The number of hydrogen-bond donors (Lipinski definition) is 9. The zero-order valence-corrected chi connectivity index (χ0v) is 66.9. The number of hydrogen-bond acceptors (Lipinski definition) is 18. The Morgan fingerprint density at radius 3 is 1.54 bits per heavy atom. The van der Waals surface area contributed by atoms with Crippen LogP contribution in [0.2, 0.25) is 0 Å². The number of aliphatic hydroxyl groups is 4. The van der Waals surface area contributed by atoms with Crippen LogP contribution in [0.1, 0.15) is 125 Å². The standard InChI is InChI=1S/C44H61N5O6.C44H60N4O7/c1-26-36-20-33(44(36,3)4)21-37(26)47-43(53)40-39(27(2)51)38(25-50)55-49(40)23-30-14-11-15-35(41(30)54-7)31-16-29(22-45)17-32(19-31)42(52)46-34(24-48(5)6)18-28-12-9-8-10-13-28;1-27(25-49)19-31(17-18-39(52)45-34(24-47(6)7)20-30-13-10-9-11-14-30)35-16-12-15-32(42(35)54-8)23-48-41(40(29(3)51)38(26-50)55-48)43(53)46-37-22-33-21-36(28(37)2)44(33,4)5/h8-17,19,26-27,33-34,36-40,50-51H,18,20-25,45H2,1-7H3,(H,46,52)(H,47,53);9-19,25,28-29,33-34,36-38,40-41,50-51H,1,20-24,26H2,2-8H3,(H,45,52)(H,46,53)/b;18-17+,31-19+/t26-,27-,33+,34-,36-,37-,38-,39+,40-;28-,29-,33+,34-,36-,37-,38-,40+,41-/m00/s1. The number of nitrogens with two attached hydrogens (primary N) is 1. The van der Waals surface area contributed by atoms with E-state index in [2.05, 4.69) is 86.4 Å². The molecule has 8 aliphatic rings. The molecular formula is C88H121N9O13. The molecule has 22 nitrogen and oxygen atoms in total. The Kier molecular flexibility index (Phi) is 28.5. The molecule has 13 rings (SSSR count). The predicted octanol–water partition coefficient (Wildman–Crippen LogP) is 8.72. The maximum absolute atomic E-state index is 14.3. The molecule has 110 heavy (non-hydrogen) atoms. The van der Waals surface area contributed by atoms with Crippen LogP contribution in [0.5, 0.6) is 11.5 Å². The van der Waals surface area contributed by atoms with Crippen molar-refractivity contribution in [2.45, 2.75) is 174 Å². The smallest absolute Gasteiger partial charge is 0.251 e. The number of benzene rings is 5. The van der Waals surface area contributed by atoms with Gasteiger partial charge in [-0.2, -0.15) is 10.1 Å². The van der Waals surface area contributed by atoms with Crippen LogP contribution in [0.15, 0.2) is 146 Å². The largest absolute Gasteiger partial charge is 0.496 e. The molecule has 5 aromatic rings. The van der Waals surface area contributed by atoms with Crippen LogP contribution in [0.4, 0.5) is 0 Å². The topological polar surface area (TPSA) is 290 Å². The van der Waals surface area contributed by atoms with Gasteiger partial charge in [0.1, 0.15) is 42.1 Å². The number of rotatable bonds is 32. The molecule has 596 valence electrons. The lowest BCUT2D eigenvalue weighted by molar-refractivity contribution is -0.183. The summed E-state index contributed by atoms with van der Waals surface area (Å²) in [5, 5.41) is 58.7. The molecule has 0 spiro atoms. The minimum absolute atomic E-state index is 0.00548. The van der Waals surface area contributed by atoms with Gasteiger partial charge in [0.2, 0.25) is 17.7 Å². The van der Waals surface area contributed by atoms with Crippen LogP contribution in [-0.2, 0) is 61.3 Å². The molecule has 2 saturated heterocycles. The number of carbonyl (C=O) groups is 5. The number of allylic oxidation sites excluding steroid dienone is 4. The predicted molar refractivity (Wildman–Crippen MR) is 427 cm³/mol. The van der Waals surface area contributed by atoms with Crippen LogP contribution in [-0.4, -0.2) is 200 Å². The summed E-state index contributed by atoms with van der Waals surface area (Å²) in [6.45, 7) is 21.9. The van der Waals surface area contributed by atoms with E-state index in [1.54, 1.807) is 43.2 Å². The van der Waals surface area contributed by atoms with E-state index in [1.807, 2.05) is 136 Å². The highest BCUT2D eigenvalue weighted by Crippen LogP contribution is 2.62. The molecule has 6 aliphatic carbocycles. The first-order valence-electron chi connectivity index (χ1n) is 39.2. The summed E-state index contributed by atoms with van der Waals surface area (Å²) < 4.78 is 12.0. The molecule has 8 fully saturated rings. The summed E-state index contributed by atoms with van der Waals surface area (Å²) in [6.07, 6.45) is 7.44. The highest BCUT2D eigenvalue weighted by atomic mass is 16.7. The third kappa shape index (κ3) is 19.4. The van der Waals surface area contributed by atoms with E-state index in [-0.39, 0.29) is 97.0 Å². The number of methoxy groups -OCH3 is 2. The minimum Gasteiger partial charge on any atom is -0.496 e. The average molecular weight is 1510 g/mol. The van der Waals surface area contributed by atoms with Crippen molar-refractivity contribution in [3.8, 4) is 22.6 Å². The quantitative estimate of drug-likeness (QED) is 0.0110. The summed E-state index contributed by atoms with van der Waals surface area (Å²) in [5.41, 5.74) is 14.5. The number of carbonyl (C=O) groups excluding carboxylic acids is 5. The zero-order chi connectivity index (χ0) is 79.6. The second kappa shape index (κ2) is 37.1. The van der Waals surface area contributed by atoms with Crippen molar-refractivity contribution in [1.29, 1.82) is 0 Å². The van der Waals surface area contributed by atoms with Gasteiger partial charge in [0, 0.05) is 95.1 Å². The normalized spacial score (nSPS) is 27.1. The van der Waals surface area contributed by atoms with Gasteiger partial charge in [0.05, 0.1) is 52.7 Å². The molecule has 2 aliphatic heterocycles. The van der Waals surface area contributed by atoms with Crippen LogP contribution < -0.4 is 36.5 Å². The van der Waals surface area contributed by atoms with Crippen molar-refractivity contribution >= 4 is 35.5 Å². The van der Waals surface area contributed by atoms with Crippen LogP contribution in [0.25, 0.3) is 16.7 Å². The van der Waals surface area contributed by atoms with Crippen molar-refractivity contribution < 1.29 is 63.5 Å². The Morgan fingerprint density at radius 2 is 1.11 bits per heavy atom. The maximum Gasteiger partial charge on any atom is 0.251 e. The number of fused-ring (bicyclic) bond motifs is 4. The van der Waals surface area contributed by atoms with E-state index in [9.17, 15) is 44.4 Å². The van der Waals surface area contributed by atoms with E-state index in [4.69, 9.17) is 24.9 Å². The zero-order valence-electron chi connectivity index (χ0n) is 66.9. The molecule has 10 N–H and O–H groups in total. The highest BCUT2D eigenvalue weighted by Gasteiger charge is 2.59. The Labute approximate surface area is 651 Å². The van der Waals surface area contributed by atoms with Gasteiger partial charge in [-0.05, 0) is 185 Å². The fourth-order valence-electron chi connectivity index (χ4n) is 18.9. The molecule has 5 aromatic carbocycles. The lowest BCUT2D eigenvalue weighted by Gasteiger charge is -2.62. The van der Waals surface area contributed by atoms with E-state index in [0.717, 1.165) is 46.2 Å². The van der Waals surface area contributed by atoms with Crippen molar-refractivity contribution in [2.75, 3.05) is 68.7 Å². The van der Waals surface area contributed by atoms with Crippen LogP contribution in [0, 0.1) is 58.2 Å². The summed E-state index contributed by atoms with van der Waals surface area (Å²) in [4.78, 5) is 84.1. The van der Waals surface area contributed by atoms with Gasteiger partial charge in [-0.3, -0.25) is 33.6 Å².